The summed E-state index contributed by atoms with van der Waals surface area (Å²) in [5.41, 5.74) is 0. The van der Waals surface area contributed by atoms with E-state index in [1.165, 1.54) is 0 Å². The van der Waals surface area contributed by atoms with Gasteiger partial charge in [-0.2, -0.15) is 0 Å². The van der Waals surface area contributed by atoms with Crippen LogP contribution < -0.4 is 0 Å². The van der Waals surface area contributed by atoms with Gasteiger partial charge in [-0.1, -0.05) is 27.0 Å². The average Bonchev–Trinajstić information content (AvgIpc) is 2.12. The number of hydrogen-bond donors (Lipinski definition) is 0. The van der Waals surface area contributed by atoms with Gasteiger partial charge in [-0.05, 0) is 12.5 Å². The summed E-state index contributed by atoms with van der Waals surface area (Å²) in [7, 11) is 0. The van der Waals surface area contributed by atoms with Crippen LogP contribution in [0.3, 0.4) is 0 Å². The highest BCUT2D eigenvalue weighted by atomic mass is 16.5. The number of nitrogens with zero attached hydrogens (tertiary/aromatic N) is 1. The summed E-state index contributed by atoms with van der Waals surface area (Å²) >= 11 is 0. The Morgan fingerprint density at radius 1 is 1.38 bits per heavy atom. The second-order valence-electron chi connectivity index (χ2n) is 2.52. The molecule has 0 bridgehead atoms. The fraction of sp³-hybridized carbons (Fsp3) is 0.364. The maximum Gasteiger partial charge on any atom is 0.121 e. The third-order valence-electron chi connectivity index (χ3n) is 1.30. The topological polar surface area (TPSA) is 21.6 Å². The predicted molar refractivity (Wildman–Crippen MR) is 57.6 cm³/mol. The van der Waals surface area contributed by atoms with Gasteiger partial charge in [0.1, 0.15) is 5.76 Å². The van der Waals surface area contributed by atoms with Crippen molar-refractivity contribution in [1.29, 1.82) is 0 Å². The number of hydrogen-bond acceptors (Lipinski definition) is 2. The van der Waals surface area contributed by atoms with Crippen LogP contribution in [0.2, 0.25) is 0 Å². The largest absolute Gasteiger partial charge is 0.463 e. The summed E-state index contributed by atoms with van der Waals surface area (Å²) in [6, 6.07) is 0. The molecule has 0 aliphatic rings. The first kappa shape index (κ1) is 11.7. The number of ether oxygens (including phenoxy) is 1. The van der Waals surface area contributed by atoms with Gasteiger partial charge in [-0.3, -0.25) is 4.99 Å². The Balaban J connectivity index is 3.80. The molecule has 0 aliphatic carbocycles. The third-order valence-corrected chi connectivity index (χ3v) is 1.30. The van der Waals surface area contributed by atoms with E-state index in [-0.39, 0.29) is 0 Å². The molecule has 0 radical (unpaired) electrons. The van der Waals surface area contributed by atoms with Crippen LogP contribution in [-0.4, -0.2) is 6.21 Å². The number of aliphatic imine (C=N–C) groups is 1. The monoisotopic (exact) mass is 179 g/mol. The molecule has 0 spiro atoms. The van der Waals surface area contributed by atoms with Crippen LogP contribution in [0.25, 0.3) is 0 Å². The Morgan fingerprint density at radius 2 is 2.08 bits per heavy atom. The standard InChI is InChI=1S/C11H17NO/c1-5-8-12-9-7-11(4)13-10(3)6-2/h7-9H,3-6H2,1-2H3/b9-7-,12-8?. The van der Waals surface area contributed by atoms with Crippen molar-refractivity contribution in [3.8, 4) is 0 Å². The molecule has 0 saturated carbocycles. The second-order valence-corrected chi connectivity index (χ2v) is 2.52. The molecule has 0 aromatic rings. The highest BCUT2D eigenvalue weighted by Gasteiger charge is 1.91. The maximum atomic E-state index is 5.23. The lowest BCUT2D eigenvalue weighted by Crippen LogP contribution is -1.85. The molecule has 2 nitrogen and oxygen atoms in total. The van der Waals surface area contributed by atoms with E-state index in [0.717, 1.165) is 12.8 Å². The van der Waals surface area contributed by atoms with Crippen LogP contribution in [0.5, 0.6) is 0 Å². The zero-order valence-electron chi connectivity index (χ0n) is 8.42. The van der Waals surface area contributed by atoms with Crippen molar-refractivity contribution < 1.29 is 4.74 Å². The van der Waals surface area contributed by atoms with Gasteiger partial charge in [0.25, 0.3) is 0 Å². The van der Waals surface area contributed by atoms with Gasteiger partial charge in [0.2, 0.25) is 0 Å². The van der Waals surface area contributed by atoms with E-state index in [1.807, 2.05) is 20.1 Å². The molecule has 2 heteroatoms. The Hall–Kier alpha value is -1.31. The smallest absolute Gasteiger partial charge is 0.121 e. The summed E-state index contributed by atoms with van der Waals surface area (Å²) in [5.74, 6) is 1.29. The summed E-state index contributed by atoms with van der Waals surface area (Å²) < 4.78 is 5.23. The first-order valence-corrected chi connectivity index (χ1v) is 4.43. The molecule has 0 atom stereocenters. The van der Waals surface area contributed by atoms with Gasteiger partial charge in [0, 0.05) is 18.8 Å². The lowest BCUT2D eigenvalue weighted by Gasteiger charge is -2.04. The minimum absolute atomic E-state index is 0.570. The quantitative estimate of drug-likeness (QED) is 0.348. The van der Waals surface area contributed by atoms with Crippen molar-refractivity contribution in [1.82, 2.24) is 0 Å². The summed E-state index contributed by atoms with van der Waals surface area (Å²) in [5, 5.41) is 0. The molecule has 0 aromatic carbocycles. The molecule has 0 amide bonds. The summed E-state index contributed by atoms with van der Waals surface area (Å²) in [4.78, 5) is 3.99. The SMILES string of the molecule is C=C(/C=C\N=CCC)OC(=C)CC. The zero-order chi connectivity index (χ0) is 10.1. The zero-order valence-corrected chi connectivity index (χ0v) is 8.42. The van der Waals surface area contributed by atoms with Crippen LogP contribution in [0.1, 0.15) is 26.7 Å². The molecule has 0 fully saturated rings. The highest BCUT2D eigenvalue weighted by molar-refractivity contribution is 5.57. The van der Waals surface area contributed by atoms with Crippen LogP contribution in [0, 0.1) is 0 Å². The minimum Gasteiger partial charge on any atom is -0.463 e. The lowest BCUT2D eigenvalue weighted by atomic mass is 10.4. The van der Waals surface area contributed by atoms with Crippen molar-refractivity contribution in [3.05, 3.63) is 37.0 Å². The summed E-state index contributed by atoms with van der Waals surface area (Å²) in [6.45, 7) is 11.4. The minimum atomic E-state index is 0.570. The molecule has 13 heavy (non-hydrogen) atoms. The van der Waals surface area contributed by atoms with Crippen LogP contribution in [-0.2, 0) is 4.74 Å². The average molecular weight is 179 g/mol. The Bertz CT molecular complexity index is 226. The molecular formula is C11H17NO. The maximum absolute atomic E-state index is 5.23. The van der Waals surface area contributed by atoms with Gasteiger partial charge >= 0.3 is 0 Å². The highest BCUT2D eigenvalue weighted by Crippen LogP contribution is 2.06. The van der Waals surface area contributed by atoms with E-state index in [2.05, 4.69) is 18.2 Å². The normalized spacial score (nSPS) is 10.9. The van der Waals surface area contributed by atoms with Crippen LogP contribution >= 0.6 is 0 Å². The lowest BCUT2D eigenvalue weighted by molar-refractivity contribution is 0.312. The van der Waals surface area contributed by atoms with Gasteiger partial charge in [0.05, 0.1) is 5.76 Å². The van der Waals surface area contributed by atoms with E-state index >= 15 is 0 Å². The fourth-order valence-corrected chi connectivity index (χ4v) is 0.584. The van der Waals surface area contributed by atoms with Gasteiger partial charge in [-0.15, -0.1) is 0 Å². The molecule has 0 N–H and O–H groups in total. The summed E-state index contributed by atoms with van der Waals surface area (Å²) in [6.07, 6.45) is 6.92. The first-order chi connectivity index (χ1) is 6.20. The van der Waals surface area contributed by atoms with Crippen molar-refractivity contribution in [3.63, 3.8) is 0 Å². The Morgan fingerprint density at radius 3 is 2.62 bits per heavy atom. The third kappa shape index (κ3) is 7.06. The molecule has 72 valence electrons. The van der Waals surface area contributed by atoms with Gasteiger partial charge in [-0.25, -0.2) is 0 Å². The molecule has 0 saturated heterocycles. The van der Waals surface area contributed by atoms with E-state index in [9.17, 15) is 0 Å². The Kier molecular flexibility index (Phi) is 6.60. The molecular weight excluding hydrogens is 162 g/mol. The molecule has 0 aromatic heterocycles. The molecule has 0 heterocycles. The van der Waals surface area contributed by atoms with E-state index < -0.39 is 0 Å². The van der Waals surface area contributed by atoms with Gasteiger partial charge in [0.15, 0.2) is 0 Å². The molecule has 0 aliphatic heterocycles. The molecule has 0 unspecified atom stereocenters. The van der Waals surface area contributed by atoms with E-state index in [1.54, 1.807) is 12.3 Å². The van der Waals surface area contributed by atoms with Crippen molar-refractivity contribution in [2.24, 2.45) is 4.99 Å². The first-order valence-electron chi connectivity index (χ1n) is 4.43. The number of allylic oxidation sites excluding steroid dienone is 2. The Labute approximate surface area is 80.3 Å². The van der Waals surface area contributed by atoms with Crippen molar-refractivity contribution in [2.75, 3.05) is 0 Å². The fourth-order valence-electron chi connectivity index (χ4n) is 0.584. The van der Waals surface area contributed by atoms with Crippen LogP contribution in [0.4, 0.5) is 0 Å². The second kappa shape index (κ2) is 7.35. The van der Waals surface area contributed by atoms with Gasteiger partial charge < -0.3 is 4.74 Å². The van der Waals surface area contributed by atoms with Crippen LogP contribution in [0.15, 0.2) is 41.9 Å². The van der Waals surface area contributed by atoms with Crippen molar-refractivity contribution in [2.45, 2.75) is 26.7 Å². The van der Waals surface area contributed by atoms with Crippen molar-refractivity contribution >= 4 is 6.21 Å². The van der Waals surface area contributed by atoms with E-state index in [0.29, 0.717) is 11.5 Å². The predicted octanol–water partition coefficient (Wildman–Crippen LogP) is 3.43. The number of rotatable bonds is 6. The molecule has 0 rings (SSSR count). The van der Waals surface area contributed by atoms with E-state index in [4.69, 9.17) is 4.74 Å².